The number of aromatic nitrogens is 1. The molecule has 2 heteroatoms. The fourth-order valence-electron chi connectivity index (χ4n) is 2.26. The first-order valence-corrected chi connectivity index (χ1v) is 7.57. The predicted octanol–water partition coefficient (Wildman–Crippen LogP) is 5.39. The first kappa shape index (κ1) is 13.1. The van der Waals surface area contributed by atoms with E-state index in [9.17, 15) is 0 Å². The number of hydrogen-bond donors (Lipinski definition) is 0. The quantitative estimate of drug-likeness (QED) is 0.612. The van der Waals surface area contributed by atoms with Gasteiger partial charge in [0.05, 0.1) is 11.2 Å². The van der Waals surface area contributed by atoms with E-state index in [1.54, 1.807) is 0 Å². The van der Waals surface area contributed by atoms with Gasteiger partial charge < -0.3 is 0 Å². The molecule has 2 aromatic heterocycles. The smallest absolute Gasteiger partial charge is 0.0709 e. The molecule has 3 aromatic rings. The molecule has 0 bridgehead atoms. The predicted molar refractivity (Wildman–Crippen MR) is 89.2 cm³/mol. The third-order valence-corrected chi connectivity index (χ3v) is 5.02. The highest BCUT2D eigenvalue weighted by Gasteiger charge is 2.05. The molecule has 0 spiro atoms. The largest absolute Gasteiger partial charge is 0.248 e. The number of para-hydroxylation sites is 1. The maximum absolute atomic E-state index is 4.67. The molecule has 0 atom stereocenters. The van der Waals surface area contributed by atoms with Crippen molar-refractivity contribution in [1.29, 1.82) is 0 Å². The van der Waals surface area contributed by atoms with Crippen LogP contribution in [0, 0.1) is 20.8 Å². The summed E-state index contributed by atoms with van der Waals surface area (Å²) in [6.07, 6.45) is 4.28. The molecule has 0 unspecified atom stereocenters. The Kier molecular flexibility index (Phi) is 3.41. The number of thiophene rings is 1. The molecule has 100 valence electrons. The van der Waals surface area contributed by atoms with Crippen LogP contribution in [-0.2, 0) is 0 Å². The molecule has 0 fully saturated rings. The first-order chi connectivity index (χ1) is 9.65. The summed E-state index contributed by atoms with van der Waals surface area (Å²) in [6, 6.07) is 12.4. The lowest BCUT2D eigenvalue weighted by molar-refractivity contribution is 1.34. The molecule has 0 amide bonds. The van der Waals surface area contributed by atoms with Gasteiger partial charge >= 0.3 is 0 Å². The van der Waals surface area contributed by atoms with E-state index in [0.717, 1.165) is 11.2 Å². The third kappa shape index (κ3) is 2.39. The summed E-state index contributed by atoms with van der Waals surface area (Å²) in [6.45, 7) is 6.55. The maximum Gasteiger partial charge on any atom is 0.0709 e. The molecule has 0 saturated carbocycles. The van der Waals surface area contributed by atoms with E-state index in [1.807, 2.05) is 23.5 Å². The highest BCUT2D eigenvalue weighted by molar-refractivity contribution is 7.13. The summed E-state index contributed by atoms with van der Waals surface area (Å²) in [4.78, 5) is 7.39. The van der Waals surface area contributed by atoms with E-state index in [1.165, 1.54) is 26.3 Å². The number of hydrogen-bond acceptors (Lipinski definition) is 2. The molecule has 0 N–H and O–H groups in total. The molecule has 0 saturated heterocycles. The number of pyridine rings is 1. The number of fused-ring (bicyclic) bond motifs is 1. The fourth-order valence-corrected chi connectivity index (χ4v) is 3.34. The Morgan fingerprint density at radius 2 is 1.70 bits per heavy atom. The Morgan fingerprint density at radius 1 is 0.900 bits per heavy atom. The van der Waals surface area contributed by atoms with Crippen molar-refractivity contribution in [2.24, 2.45) is 0 Å². The van der Waals surface area contributed by atoms with Gasteiger partial charge in [-0.3, -0.25) is 0 Å². The van der Waals surface area contributed by atoms with Gasteiger partial charge in [0.25, 0.3) is 0 Å². The van der Waals surface area contributed by atoms with Crippen molar-refractivity contribution in [3.8, 4) is 0 Å². The molecule has 1 aromatic carbocycles. The van der Waals surface area contributed by atoms with E-state index in [4.69, 9.17) is 0 Å². The van der Waals surface area contributed by atoms with Crippen molar-refractivity contribution >= 4 is 34.4 Å². The van der Waals surface area contributed by atoms with Crippen molar-refractivity contribution in [2.75, 3.05) is 0 Å². The number of nitrogens with zero attached hydrogens (tertiary/aromatic N) is 1. The molecule has 1 nitrogen and oxygen atoms in total. The second-order valence-electron chi connectivity index (χ2n) is 5.03. The summed E-state index contributed by atoms with van der Waals surface area (Å²) in [5, 5.41) is 1.18. The van der Waals surface area contributed by atoms with Crippen LogP contribution >= 0.6 is 11.3 Å². The van der Waals surface area contributed by atoms with Gasteiger partial charge in [0.15, 0.2) is 0 Å². The van der Waals surface area contributed by atoms with Crippen molar-refractivity contribution in [1.82, 2.24) is 4.98 Å². The van der Waals surface area contributed by atoms with Gasteiger partial charge in [-0.25, -0.2) is 4.98 Å². The van der Waals surface area contributed by atoms with Crippen LogP contribution in [0.15, 0.2) is 36.4 Å². The van der Waals surface area contributed by atoms with Crippen molar-refractivity contribution in [3.63, 3.8) is 0 Å². The number of aryl methyl sites for hydroxylation is 1. The lowest BCUT2D eigenvalue weighted by Crippen LogP contribution is -1.82. The van der Waals surface area contributed by atoms with Crippen LogP contribution in [0.2, 0.25) is 0 Å². The van der Waals surface area contributed by atoms with Gasteiger partial charge in [-0.15, -0.1) is 11.3 Å². The Morgan fingerprint density at radius 3 is 2.45 bits per heavy atom. The molecular weight excluding hydrogens is 262 g/mol. The minimum atomic E-state index is 1.01. The maximum atomic E-state index is 4.67. The van der Waals surface area contributed by atoms with E-state index in [-0.39, 0.29) is 0 Å². The third-order valence-electron chi connectivity index (χ3n) is 3.75. The van der Waals surface area contributed by atoms with Crippen LogP contribution < -0.4 is 0 Å². The summed E-state index contributed by atoms with van der Waals surface area (Å²) in [7, 11) is 0. The van der Waals surface area contributed by atoms with E-state index < -0.39 is 0 Å². The Bertz CT molecular complexity index is 796. The van der Waals surface area contributed by atoms with E-state index in [2.05, 4.69) is 62.2 Å². The first-order valence-electron chi connectivity index (χ1n) is 6.75. The average molecular weight is 279 g/mol. The second kappa shape index (κ2) is 5.22. The summed E-state index contributed by atoms with van der Waals surface area (Å²) in [5.41, 5.74) is 4.84. The highest BCUT2D eigenvalue weighted by Crippen LogP contribution is 2.28. The van der Waals surface area contributed by atoms with Gasteiger partial charge in [0.1, 0.15) is 0 Å². The van der Waals surface area contributed by atoms with Crippen molar-refractivity contribution in [2.45, 2.75) is 20.8 Å². The molecular formula is C18H17NS. The van der Waals surface area contributed by atoms with Crippen molar-refractivity contribution < 1.29 is 0 Å². The van der Waals surface area contributed by atoms with E-state index in [0.29, 0.717) is 0 Å². The van der Waals surface area contributed by atoms with Gasteiger partial charge in [-0.2, -0.15) is 0 Å². The molecule has 0 radical (unpaired) electrons. The molecule has 0 aliphatic rings. The lowest BCUT2D eigenvalue weighted by atomic mass is 10.1. The van der Waals surface area contributed by atoms with Crippen LogP contribution in [0.5, 0.6) is 0 Å². The summed E-state index contributed by atoms with van der Waals surface area (Å²) >= 11 is 1.85. The minimum Gasteiger partial charge on any atom is -0.248 e. The van der Waals surface area contributed by atoms with Gasteiger partial charge in [0.2, 0.25) is 0 Å². The zero-order chi connectivity index (χ0) is 14.1. The number of benzene rings is 1. The minimum absolute atomic E-state index is 1.01. The van der Waals surface area contributed by atoms with Crippen LogP contribution in [0.4, 0.5) is 0 Å². The summed E-state index contributed by atoms with van der Waals surface area (Å²) < 4.78 is 0. The van der Waals surface area contributed by atoms with Gasteiger partial charge in [-0.05, 0) is 56.2 Å². The molecule has 0 aliphatic carbocycles. The lowest BCUT2D eigenvalue weighted by Gasteiger charge is -1.98. The second-order valence-corrected chi connectivity index (χ2v) is 6.29. The van der Waals surface area contributed by atoms with E-state index >= 15 is 0 Å². The monoisotopic (exact) mass is 279 g/mol. The average Bonchev–Trinajstić information content (AvgIpc) is 2.72. The Balaban J connectivity index is 1.95. The normalized spacial score (nSPS) is 11.6. The van der Waals surface area contributed by atoms with Crippen LogP contribution in [0.25, 0.3) is 23.1 Å². The van der Waals surface area contributed by atoms with Gasteiger partial charge in [0, 0.05) is 15.1 Å². The Labute approximate surface area is 123 Å². The standard InChI is InChI=1S/C18H17NS/c1-12-13(2)18(20-14(12)3)11-10-16-9-8-15-6-4-5-7-17(15)19-16/h4-11H,1-3H3. The topological polar surface area (TPSA) is 12.9 Å². The van der Waals surface area contributed by atoms with Crippen molar-refractivity contribution in [3.05, 3.63) is 63.0 Å². The SMILES string of the molecule is Cc1sc(C=Cc2ccc3ccccc3n2)c(C)c1C. The zero-order valence-electron chi connectivity index (χ0n) is 12.0. The van der Waals surface area contributed by atoms with Crippen LogP contribution in [-0.4, -0.2) is 4.98 Å². The number of rotatable bonds is 2. The van der Waals surface area contributed by atoms with Crippen LogP contribution in [0.3, 0.4) is 0 Å². The van der Waals surface area contributed by atoms with Crippen LogP contribution in [0.1, 0.15) is 26.6 Å². The zero-order valence-corrected chi connectivity index (χ0v) is 12.8. The fraction of sp³-hybridized carbons (Fsp3) is 0.167. The summed E-state index contributed by atoms with van der Waals surface area (Å²) in [5.74, 6) is 0. The molecule has 0 aliphatic heterocycles. The Hall–Kier alpha value is -1.93. The molecule has 3 rings (SSSR count). The van der Waals surface area contributed by atoms with Gasteiger partial charge in [-0.1, -0.05) is 24.3 Å². The molecule has 2 heterocycles. The molecule has 20 heavy (non-hydrogen) atoms. The highest BCUT2D eigenvalue weighted by atomic mass is 32.1.